The molecule has 0 bridgehead atoms. The van der Waals surface area contributed by atoms with E-state index in [4.69, 9.17) is 16.3 Å². The lowest BCUT2D eigenvalue weighted by Gasteiger charge is -2.09. The molecule has 2 N–H and O–H groups in total. The third-order valence-corrected chi connectivity index (χ3v) is 5.89. The smallest absolute Gasteiger partial charge is 0.345 e. The first-order chi connectivity index (χ1) is 19.2. The van der Waals surface area contributed by atoms with E-state index < -0.39 is 22.5 Å². The fourth-order valence-corrected chi connectivity index (χ4v) is 3.81. The van der Waals surface area contributed by atoms with Crippen molar-refractivity contribution < 1.29 is 24.0 Å². The van der Waals surface area contributed by atoms with Gasteiger partial charge in [-0.3, -0.25) is 19.7 Å². The number of ether oxygens (including phenoxy) is 1. The summed E-state index contributed by atoms with van der Waals surface area (Å²) < 4.78 is 5.33. The van der Waals surface area contributed by atoms with Gasteiger partial charge in [-0.05, 0) is 61.5 Å². The highest BCUT2D eigenvalue weighted by Crippen LogP contribution is 2.31. The number of hydrazone groups is 1. The third-order valence-electron chi connectivity index (χ3n) is 5.56. The molecule has 0 radical (unpaired) electrons. The molecular formula is C29H21ClN4O6. The Morgan fingerprint density at radius 2 is 1.62 bits per heavy atom. The zero-order valence-corrected chi connectivity index (χ0v) is 21.7. The van der Waals surface area contributed by atoms with Gasteiger partial charge in [-0.1, -0.05) is 47.5 Å². The number of aryl methyl sites for hydroxylation is 1. The second kappa shape index (κ2) is 12.5. The largest absolute Gasteiger partial charge is 0.415 e. The molecule has 0 fully saturated rings. The molecule has 0 aliphatic rings. The number of rotatable bonds is 8. The highest BCUT2D eigenvalue weighted by atomic mass is 35.5. The first-order valence-corrected chi connectivity index (χ1v) is 12.2. The summed E-state index contributed by atoms with van der Waals surface area (Å²) in [6.07, 6.45) is 1.12. The first kappa shape index (κ1) is 27.7. The monoisotopic (exact) mass is 556 g/mol. The molecule has 0 atom stereocenters. The molecule has 0 aromatic heterocycles. The van der Waals surface area contributed by atoms with E-state index >= 15 is 0 Å². The summed E-state index contributed by atoms with van der Waals surface area (Å²) in [7, 11) is 0. The van der Waals surface area contributed by atoms with Crippen LogP contribution in [0.1, 0.15) is 42.2 Å². The maximum atomic E-state index is 12.6. The second-order valence-electron chi connectivity index (χ2n) is 8.42. The van der Waals surface area contributed by atoms with Crippen molar-refractivity contribution in [1.82, 2.24) is 5.43 Å². The average molecular weight is 557 g/mol. The third kappa shape index (κ3) is 6.74. The normalized spacial score (nSPS) is 10.7. The summed E-state index contributed by atoms with van der Waals surface area (Å²) in [5, 5.41) is 18.3. The Kier molecular flexibility index (Phi) is 8.62. The van der Waals surface area contributed by atoms with Crippen molar-refractivity contribution >= 4 is 47.0 Å². The van der Waals surface area contributed by atoms with Gasteiger partial charge in [0.25, 0.3) is 11.8 Å². The maximum Gasteiger partial charge on any atom is 0.345 e. The van der Waals surface area contributed by atoms with E-state index in [0.717, 1.165) is 11.8 Å². The van der Waals surface area contributed by atoms with Crippen LogP contribution in [0, 0.1) is 17.0 Å². The van der Waals surface area contributed by atoms with E-state index in [2.05, 4.69) is 15.8 Å². The van der Waals surface area contributed by atoms with Crippen LogP contribution in [0.4, 0.5) is 11.4 Å². The number of carbonyl (C=O) groups excluding carboxylic acids is 3. The van der Waals surface area contributed by atoms with Crippen LogP contribution in [-0.2, 0) is 0 Å². The van der Waals surface area contributed by atoms with Crippen molar-refractivity contribution in [2.24, 2.45) is 5.10 Å². The lowest BCUT2D eigenvalue weighted by atomic mass is 10.1. The summed E-state index contributed by atoms with van der Waals surface area (Å²) in [6, 6.07) is 23.4. The van der Waals surface area contributed by atoms with Gasteiger partial charge in [0.05, 0.1) is 21.7 Å². The molecule has 0 heterocycles. The van der Waals surface area contributed by atoms with Gasteiger partial charge < -0.3 is 10.1 Å². The standard InChI is InChI=1S/C29H21ClN4O6/c1-18-6-4-7-20(16-18)27(35)32-22-14-12-19(13-15-22)28(36)33-31-17-21-8-5-11-25(34(38)39)26(21)40-29(37)23-9-2-3-10-24(23)30/h2-17H,1H3,(H,32,35)(H,33,36)/b31-17+. The zero-order valence-electron chi connectivity index (χ0n) is 21.0. The Hall–Kier alpha value is -5.35. The molecule has 0 aliphatic carbocycles. The number of nitro groups is 1. The minimum absolute atomic E-state index is 0.0250. The Bertz CT molecular complexity index is 1640. The quantitative estimate of drug-likeness (QED) is 0.0925. The fraction of sp³-hybridized carbons (Fsp3) is 0.0345. The summed E-state index contributed by atoms with van der Waals surface area (Å²) in [6.45, 7) is 1.89. The van der Waals surface area contributed by atoms with E-state index in [9.17, 15) is 24.5 Å². The number of nitrogens with one attached hydrogen (secondary N) is 2. The molecule has 0 saturated carbocycles. The minimum atomic E-state index is -0.895. The van der Waals surface area contributed by atoms with Gasteiger partial charge in [0.1, 0.15) is 0 Å². The van der Waals surface area contributed by atoms with E-state index in [0.29, 0.717) is 11.3 Å². The lowest BCUT2D eigenvalue weighted by molar-refractivity contribution is -0.385. The molecule has 4 aromatic carbocycles. The van der Waals surface area contributed by atoms with Crippen LogP contribution >= 0.6 is 11.6 Å². The van der Waals surface area contributed by atoms with Crippen LogP contribution in [0.2, 0.25) is 5.02 Å². The van der Waals surface area contributed by atoms with Crippen molar-refractivity contribution in [1.29, 1.82) is 0 Å². The molecule has 0 spiro atoms. The van der Waals surface area contributed by atoms with Gasteiger partial charge >= 0.3 is 11.7 Å². The highest BCUT2D eigenvalue weighted by Gasteiger charge is 2.23. The topological polar surface area (TPSA) is 140 Å². The van der Waals surface area contributed by atoms with Crippen LogP contribution in [0.5, 0.6) is 5.75 Å². The Balaban J connectivity index is 1.45. The van der Waals surface area contributed by atoms with Crippen molar-refractivity contribution in [2.75, 3.05) is 5.32 Å². The molecule has 4 aromatic rings. The molecule has 40 heavy (non-hydrogen) atoms. The van der Waals surface area contributed by atoms with Crippen LogP contribution in [0.3, 0.4) is 0 Å². The van der Waals surface area contributed by atoms with Gasteiger partial charge in [-0.15, -0.1) is 0 Å². The van der Waals surface area contributed by atoms with Gasteiger partial charge in [0.2, 0.25) is 5.75 Å². The number of amides is 2. The number of para-hydroxylation sites is 1. The Morgan fingerprint density at radius 1 is 0.900 bits per heavy atom. The van der Waals surface area contributed by atoms with Crippen molar-refractivity contribution in [3.63, 3.8) is 0 Å². The number of benzene rings is 4. The molecule has 0 saturated heterocycles. The van der Waals surface area contributed by atoms with Crippen LogP contribution < -0.4 is 15.5 Å². The molecule has 10 nitrogen and oxygen atoms in total. The number of esters is 1. The number of carbonyl (C=O) groups is 3. The number of nitrogens with zero attached hydrogens (tertiary/aromatic N) is 2. The minimum Gasteiger partial charge on any atom is -0.415 e. The Labute approximate surface area is 233 Å². The second-order valence-corrected chi connectivity index (χ2v) is 8.83. The highest BCUT2D eigenvalue weighted by molar-refractivity contribution is 6.33. The summed E-state index contributed by atoms with van der Waals surface area (Å²) in [4.78, 5) is 48.5. The summed E-state index contributed by atoms with van der Waals surface area (Å²) in [5.74, 6) is -2.11. The fourth-order valence-electron chi connectivity index (χ4n) is 3.59. The number of halogens is 1. The van der Waals surface area contributed by atoms with Crippen LogP contribution in [0.25, 0.3) is 0 Å². The molecule has 0 aliphatic heterocycles. The van der Waals surface area contributed by atoms with Gasteiger partial charge in [0, 0.05) is 28.4 Å². The predicted octanol–water partition coefficient (Wildman–Crippen LogP) is 5.79. The first-order valence-electron chi connectivity index (χ1n) is 11.8. The molecule has 200 valence electrons. The van der Waals surface area contributed by atoms with Gasteiger partial charge in [-0.25, -0.2) is 10.2 Å². The average Bonchev–Trinajstić information content (AvgIpc) is 2.94. The van der Waals surface area contributed by atoms with Gasteiger partial charge in [0.15, 0.2) is 0 Å². The van der Waals surface area contributed by atoms with Crippen LogP contribution in [-0.4, -0.2) is 28.9 Å². The lowest BCUT2D eigenvalue weighted by Crippen LogP contribution is -2.18. The van der Waals surface area contributed by atoms with E-state index in [-0.39, 0.29) is 33.4 Å². The zero-order chi connectivity index (χ0) is 28.6. The number of hydrogen-bond acceptors (Lipinski definition) is 7. The van der Waals surface area contributed by atoms with Crippen molar-refractivity contribution in [3.8, 4) is 5.75 Å². The molecule has 0 unspecified atom stereocenters. The molecule has 4 rings (SSSR count). The van der Waals surface area contributed by atoms with Crippen LogP contribution in [0.15, 0.2) is 96.1 Å². The SMILES string of the molecule is Cc1cccc(C(=O)Nc2ccc(C(=O)N/N=C/c3cccc([N+](=O)[O-])c3OC(=O)c3ccccc3Cl)cc2)c1. The van der Waals surface area contributed by atoms with E-state index in [1.165, 1.54) is 42.5 Å². The summed E-state index contributed by atoms with van der Waals surface area (Å²) in [5.41, 5.74) is 4.15. The van der Waals surface area contributed by atoms with E-state index in [1.54, 1.807) is 42.5 Å². The van der Waals surface area contributed by atoms with E-state index in [1.807, 2.05) is 13.0 Å². The summed E-state index contributed by atoms with van der Waals surface area (Å²) >= 11 is 6.04. The molecular weight excluding hydrogens is 536 g/mol. The molecule has 2 amide bonds. The number of nitro benzene ring substituents is 1. The van der Waals surface area contributed by atoms with Crippen molar-refractivity contribution in [2.45, 2.75) is 6.92 Å². The Morgan fingerprint density at radius 3 is 2.33 bits per heavy atom. The number of hydrogen-bond donors (Lipinski definition) is 2. The van der Waals surface area contributed by atoms with Crippen molar-refractivity contribution in [3.05, 3.63) is 134 Å². The van der Waals surface area contributed by atoms with Gasteiger partial charge in [-0.2, -0.15) is 5.10 Å². The number of anilines is 1. The molecule has 11 heteroatoms. The maximum absolute atomic E-state index is 12.6. The predicted molar refractivity (Wildman–Crippen MR) is 150 cm³/mol.